The summed E-state index contributed by atoms with van der Waals surface area (Å²) in [6.07, 6.45) is 7.02. The third-order valence-corrected chi connectivity index (χ3v) is 7.52. The number of rotatable bonds is 14. The van der Waals surface area contributed by atoms with Crippen LogP contribution in [-0.4, -0.2) is 91.4 Å². The molecule has 306 valence electrons. The minimum atomic E-state index is -0.807. The fraction of sp³-hybridized carbons (Fsp3) is 0.514. The van der Waals surface area contributed by atoms with Gasteiger partial charge in [0.1, 0.15) is 0 Å². The van der Waals surface area contributed by atoms with Crippen LogP contribution in [-0.2, 0) is 62.4 Å². The van der Waals surface area contributed by atoms with Crippen molar-refractivity contribution in [1.29, 1.82) is 0 Å². The number of nitrogens with zero attached hydrogens (tertiary/aromatic N) is 3. The number of nitrogens with two attached hydrogens (primary N) is 1. The first-order valence-electron chi connectivity index (χ1n) is 17.0. The molecule has 0 bridgehead atoms. The van der Waals surface area contributed by atoms with Crippen LogP contribution in [0.2, 0.25) is 0 Å². The summed E-state index contributed by atoms with van der Waals surface area (Å²) in [4.78, 5) is 127. The van der Waals surface area contributed by atoms with Crippen LogP contribution in [0.15, 0.2) is 38.0 Å². The average Bonchev–Trinajstić information content (AvgIpc) is 3.76. The maximum absolute atomic E-state index is 11.6. The van der Waals surface area contributed by atoms with Gasteiger partial charge in [-0.3, -0.25) is 48.4 Å². The number of carbonyl (C=O) groups excluding carboxylic acids is 11. The Morgan fingerprint density at radius 2 is 1.18 bits per heavy atom. The number of carbonyl (C=O) groups is 11. The summed E-state index contributed by atoms with van der Waals surface area (Å²) in [5.41, 5.74) is 5.23. The van der Waals surface area contributed by atoms with Crippen molar-refractivity contribution in [2.45, 2.75) is 91.9 Å². The largest absolute Gasteiger partial charge is 0.369 e. The van der Waals surface area contributed by atoms with Gasteiger partial charge in [0, 0.05) is 63.0 Å². The van der Waals surface area contributed by atoms with Crippen LogP contribution in [0.1, 0.15) is 91.9 Å². The number of hydroxylamine groups is 6. The van der Waals surface area contributed by atoms with Gasteiger partial charge in [-0.2, -0.15) is 5.06 Å². The lowest BCUT2D eigenvalue weighted by Gasteiger charge is -2.16. The second-order valence-electron chi connectivity index (χ2n) is 11.6. The molecular formula is C35H50ClN5O14. The predicted molar refractivity (Wildman–Crippen MR) is 193 cm³/mol. The van der Waals surface area contributed by atoms with Crippen LogP contribution in [0.4, 0.5) is 0 Å². The molecule has 3 heterocycles. The Morgan fingerprint density at radius 1 is 0.764 bits per heavy atom. The van der Waals surface area contributed by atoms with Crippen molar-refractivity contribution in [2.75, 3.05) is 6.54 Å². The van der Waals surface area contributed by atoms with Crippen LogP contribution < -0.4 is 11.1 Å². The zero-order chi connectivity index (χ0) is 42.8. The molecule has 3 rings (SSSR count). The molecular weight excluding hydrogens is 750 g/mol. The van der Waals surface area contributed by atoms with Gasteiger partial charge in [0.25, 0.3) is 35.4 Å². The van der Waals surface area contributed by atoms with Crippen molar-refractivity contribution in [2.24, 2.45) is 23.5 Å². The Morgan fingerprint density at radius 3 is 1.49 bits per heavy atom. The maximum atomic E-state index is 11.6. The summed E-state index contributed by atoms with van der Waals surface area (Å²) in [6, 6.07) is 0. The predicted octanol–water partition coefficient (Wildman–Crippen LogP) is 2.10. The number of hydrogen-bond acceptors (Lipinski definition) is 14. The summed E-state index contributed by atoms with van der Waals surface area (Å²) in [5, 5.41) is 11.9. The van der Waals surface area contributed by atoms with Gasteiger partial charge in [0.05, 0.1) is 5.92 Å². The van der Waals surface area contributed by atoms with Crippen molar-refractivity contribution in [3.05, 3.63) is 38.0 Å². The molecule has 8 amide bonds. The molecule has 3 aliphatic rings. The quantitative estimate of drug-likeness (QED) is 0.0567. The minimum absolute atomic E-state index is 0.0263. The van der Waals surface area contributed by atoms with E-state index in [1.54, 1.807) is 13.0 Å². The molecule has 0 aromatic heterocycles. The van der Waals surface area contributed by atoms with Crippen LogP contribution >= 0.6 is 11.6 Å². The van der Waals surface area contributed by atoms with Gasteiger partial charge < -0.3 is 20.7 Å². The van der Waals surface area contributed by atoms with Crippen LogP contribution in [0, 0.1) is 17.8 Å². The van der Waals surface area contributed by atoms with Crippen LogP contribution in [0.5, 0.6) is 0 Å². The van der Waals surface area contributed by atoms with Gasteiger partial charge in [-0.05, 0) is 43.4 Å². The number of primary amides is 1. The summed E-state index contributed by atoms with van der Waals surface area (Å²) >= 11 is 4.71. The molecule has 0 aromatic rings. The molecule has 3 fully saturated rings. The van der Waals surface area contributed by atoms with E-state index in [1.165, 1.54) is 0 Å². The fourth-order valence-electron chi connectivity index (χ4n) is 3.84. The Balaban J connectivity index is 0. The molecule has 3 atom stereocenters. The van der Waals surface area contributed by atoms with Gasteiger partial charge in [0.15, 0.2) is 0 Å². The highest BCUT2D eigenvalue weighted by atomic mass is 35.5. The lowest BCUT2D eigenvalue weighted by atomic mass is 9.92. The molecule has 0 spiro atoms. The first-order chi connectivity index (χ1) is 25.7. The molecule has 3 aliphatic heterocycles. The molecule has 19 nitrogen and oxygen atoms in total. The minimum Gasteiger partial charge on any atom is -0.369 e. The molecule has 55 heavy (non-hydrogen) atoms. The average molecular weight is 800 g/mol. The van der Waals surface area contributed by atoms with E-state index in [4.69, 9.17) is 22.5 Å². The highest BCUT2D eigenvalue weighted by Gasteiger charge is 2.34. The lowest BCUT2D eigenvalue weighted by molar-refractivity contribution is -0.200. The molecule has 3 unspecified atom stereocenters. The van der Waals surface area contributed by atoms with Crippen molar-refractivity contribution in [3.63, 3.8) is 0 Å². The van der Waals surface area contributed by atoms with E-state index >= 15 is 0 Å². The van der Waals surface area contributed by atoms with Gasteiger partial charge in [0.2, 0.25) is 17.1 Å². The van der Waals surface area contributed by atoms with Gasteiger partial charge >= 0.3 is 11.9 Å². The third kappa shape index (κ3) is 21.1. The zero-order valence-corrected chi connectivity index (χ0v) is 32.2. The number of nitrogens with one attached hydrogen (secondary N) is 1. The number of imide groups is 3. The van der Waals surface area contributed by atoms with E-state index < -0.39 is 52.6 Å². The molecule has 0 aliphatic carbocycles. The van der Waals surface area contributed by atoms with Crippen molar-refractivity contribution in [1.82, 2.24) is 20.5 Å². The monoisotopic (exact) mass is 799 g/mol. The third-order valence-electron chi connectivity index (χ3n) is 7.37. The number of halogens is 1. The zero-order valence-electron chi connectivity index (χ0n) is 31.4. The Labute approximate surface area is 323 Å². The molecule has 20 heteroatoms. The normalized spacial score (nSPS) is 15.9. The van der Waals surface area contributed by atoms with Crippen molar-refractivity contribution >= 4 is 76.0 Å². The van der Waals surface area contributed by atoms with E-state index in [1.807, 2.05) is 20.8 Å². The number of amides is 8. The Hall–Kier alpha value is -5.56. The first kappa shape index (κ1) is 51.5. The first-order valence-corrected chi connectivity index (χ1v) is 17.4. The number of hydrogen-bond donors (Lipinski definition) is 3. The number of allylic oxidation sites excluding steroid dienone is 1. The smallest absolute Gasteiger partial charge is 0.356 e. The van der Waals surface area contributed by atoms with Crippen LogP contribution in [0.25, 0.3) is 0 Å². The summed E-state index contributed by atoms with van der Waals surface area (Å²) < 4.78 is 0. The highest BCUT2D eigenvalue weighted by Crippen LogP contribution is 2.16. The fourth-order valence-corrected chi connectivity index (χ4v) is 3.84. The molecule has 0 saturated carbocycles. The van der Waals surface area contributed by atoms with Gasteiger partial charge in [-0.15, -0.1) is 16.7 Å². The topological polar surface area (TPSA) is 274 Å². The molecule has 4 N–H and O–H groups in total. The van der Waals surface area contributed by atoms with Gasteiger partial charge in [-0.25, -0.2) is 9.59 Å². The van der Waals surface area contributed by atoms with Gasteiger partial charge in [-0.1, -0.05) is 46.9 Å². The Bertz CT molecular complexity index is 1420. The highest BCUT2D eigenvalue weighted by molar-refractivity contribution is 6.66. The summed E-state index contributed by atoms with van der Waals surface area (Å²) in [5.74, 6) is -5.24. The molecule has 0 aromatic carbocycles. The van der Waals surface area contributed by atoms with Crippen molar-refractivity contribution < 1.29 is 67.6 Å². The maximum Gasteiger partial charge on any atom is 0.356 e. The van der Waals surface area contributed by atoms with E-state index in [-0.39, 0.29) is 73.2 Å². The molecule has 0 radical (unpaired) electrons. The molecule has 3 saturated heterocycles. The van der Waals surface area contributed by atoms with E-state index in [0.29, 0.717) is 35.9 Å². The van der Waals surface area contributed by atoms with E-state index in [9.17, 15) is 52.7 Å². The summed E-state index contributed by atoms with van der Waals surface area (Å²) in [7, 11) is 0. The van der Waals surface area contributed by atoms with E-state index in [0.717, 1.165) is 18.6 Å². The van der Waals surface area contributed by atoms with Crippen molar-refractivity contribution in [3.8, 4) is 0 Å². The standard InChI is InChI=1S/C12H22N2O2.C9H13NO4.C7H7NO4.C4H5NO3.C3H3ClO/c1-4-6-7-14-12(16)9(3)8-10(5-2)11(13)15;1-3-6(2)9(13)14-10-7(11)4-5-8(10)12;1-2-7(11)12-8-5(9)3-4-6(8)10;6-3-1-2-4(7)5(3)8;1-2-3(4)5/h4,9-10H,1,5-8H2,2-3H3,(H2,13,15)(H,14,16);6H,3-5H2,1-2H3;2H,1,3-4H2;8H,1-2H2;2H,1H2. The lowest BCUT2D eigenvalue weighted by Crippen LogP contribution is -2.33. The van der Waals surface area contributed by atoms with Crippen LogP contribution in [0.3, 0.4) is 0 Å². The second-order valence-corrected chi connectivity index (χ2v) is 12.0. The van der Waals surface area contributed by atoms with E-state index in [2.05, 4.69) is 34.7 Å². The second kappa shape index (κ2) is 28.0. The SMILES string of the molecule is C=CC(=O)Cl.C=CC(=O)ON1C(=O)CCC1=O.C=CCCNC(=O)C(C)CC(CC)C(N)=O.CCC(C)C(=O)ON1C(=O)CCC1=O.O=C1CCC(=O)N1O. The Kier molecular flexibility index (Phi) is 26.2. The summed E-state index contributed by atoms with van der Waals surface area (Å²) in [6.45, 7) is 17.6.